The summed E-state index contributed by atoms with van der Waals surface area (Å²) in [6.07, 6.45) is 3.95. The van der Waals surface area contributed by atoms with Crippen molar-refractivity contribution >= 4 is 10.8 Å². The molecule has 2 nitrogen and oxygen atoms in total. The lowest BCUT2D eigenvalue weighted by Gasteiger charge is -2.03. The number of imidazole rings is 1. The van der Waals surface area contributed by atoms with Gasteiger partial charge in [0.2, 0.25) is 0 Å². The van der Waals surface area contributed by atoms with Gasteiger partial charge in [-0.3, -0.25) is 0 Å². The van der Waals surface area contributed by atoms with E-state index in [-0.39, 0.29) is 0 Å². The molecule has 1 heterocycles. The van der Waals surface area contributed by atoms with Crippen LogP contribution in [0.2, 0.25) is 0 Å². The molecule has 0 N–H and O–H groups in total. The Hall–Kier alpha value is -2.87. The fourth-order valence-electron chi connectivity index (χ4n) is 2.65. The highest BCUT2D eigenvalue weighted by atomic mass is 15.0. The molecule has 0 radical (unpaired) electrons. The van der Waals surface area contributed by atoms with Crippen LogP contribution in [-0.2, 0) is 0 Å². The molecule has 1 aromatic heterocycles. The summed E-state index contributed by atoms with van der Waals surface area (Å²) in [6.45, 7) is 0. The topological polar surface area (TPSA) is 17.8 Å². The lowest BCUT2D eigenvalue weighted by molar-refractivity contribution is 1.06. The van der Waals surface area contributed by atoms with Crippen molar-refractivity contribution in [1.29, 1.82) is 0 Å². The zero-order valence-corrected chi connectivity index (χ0v) is 11.5. The van der Waals surface area contributed by atoms with Gasteiger partial charge in [-0.25, -0.2) is 4.98 Å². The summed E-state index contributed by atoms with van der Waals surface area (Å²) in [4.78, 5) is 4.58. The van der Waals surface area contributed by atoms with E-state index in [9.17, 15) is 0 Å². The van der Waals surface area contributed by atoms with E-state index in [4.69, 9.17) is 0 Å². The zero-order valence-electron chi connectivity index (χ0n) is 11.5. The molecule has 0 aliphatic heterocycles. The Bertz CT molecular complexity index is 886. The van der Waals surface area contributed by atoms with Gasteiger partial charge in [0.05, 0.1) is 12.0 Å². The summed E-state index contributed by atoms with van der Waals surface area (Å²) < 4.78 is 2.05. The van der Waals surface area contributed by atoms with Crippen LogP contribution in [0, 0.1) is 0 Å². The summed E-state index contributed by atoms with van der Waals surface area (Å²) in [7, 11) is 0. The molecule has 3 aromatic carbocycles. The molecular weight excluding hydrogens is 256 g/mol. The molecule has 0 aliphatic carbocycles. The first-order valence-corrected chi connectivity index (χ1v) is 6.99. The summed E-state index contributed by atoms with van der Waals surface area (Å²) in [6, 6.07) is 25.0. The highest BCUT2D eigenvalue weighted by molar-refractivity contribution is 5.95. The van der Waals surface area contributed by atoms with Crippen LogP contribution in [-0.4, -0.2) is 9.55 Å². The number of fused-ring (bicyclic) bond motifs is 1. The van der Waals surface area contributed by atoms with Crippen molar-refractivity contribution in [3.63, 3.8) is 0 Å². The fraction of sp³-hybridized carbons (Fsp3) is 0. The van der Waals surface area contributed by atoms with Crippen molar-refractivity contribution in [3.8, 4) is 16.9 Å². The van der Waals surface area contributed by atoms with Crippen molar-refractivity contribution in [1.82, 2.24) is 9.55 Å². The average molecular weight is 270 g/mol. The lowest BCUT2D eigenvalue weighted by Crippen LogP contribution is -1.87. The van der Waals surface area contributed by atoms with E-state index < -0.39 is 0 Å². The van der Waals surface area contributed by atoms with E-state index in [1.54, 1.807) is 0 Å². The second kappa shape index (κ2) is 4.91. The second-order valence-corrected chi connectivity index (χ2v) is 5.03. The van der Waals surface area contributed by atoms with Crippen LogP contribution in [0.5, 0.6) is 0 Å². The third-order valence-corrected chi connectivity index (χ3v) is 3.70. The van der Waals surface area contributed by atoms with Gasteiger partial charge in [-0.2, -0.15) is 0 Å². The van der Waals surface area contributed by atoms with Crippen molar-refractivity contribution in [2.24, 2.45) is 0 Å². The highest BCUT2D eigenvalue weighted by Gasteiger charge is 2.07. The smallest absolute Gasteiger partial charge is 0.0999 e. The standard InChI is InChI=1S/C19H14N2/c1-2-9-16(10-3-1)21-13-19(20-14-21)18-12-6-8-15-7-4-5-11-17(15)18/h1-14H. The Morgan fingerprint density at radius 1 is 0.714 bits per heavy atom. The van der Waals surface area contributed by atoms with E-state index in [1.165, 1.54) is 16.3 Å². The molecule has 0 spiro atoms. The molecule has 2 heteroatoms. The Morgan fingerprint density at radius 2 is 1.48 bits per heavy atom. The molecule has 4 rings (SSSR count). The van der Waals surface area contributed by atoms with Gasteiger partial charge in [-0.05, 0) is 22.9 Å². The molecule has 0 bridgehead atoms. The first-order chi connectivity index (χ1) is 10.4. The molecule has 0 saturated heterocycles. The third-order valence-electron chi connectivity index (χ3n) is 3.70. The van der Waals surface area contributed by atoms with Gasteiger partial charge in [0, 0.05) is 17.4 Å². The van der Waals surface area contributed by atoms with Crippen LogP contribution in [0.1, 0.15) is 0 Å². The zero-order chi connectivity index (χ0) is 14.1. The normalized spacial score (nSPS) is 10.9. The minimum Gasteiger partial charge on any atom is -0.306 e. The van der Waals surface area contributed by atoms with E-state index in [1.807, 2.05) is 24.5 Å². The van der Waals surface area contributed by atoms with Crippen LogP contribution in [0.15, 0.2) is 85.3 Å². The monoisotopic (exact) mass is 270 g/mol. The predicted molar refractivity (Wildman–Crippen MR) is 86.5 cm³/mol. The van der Waals surface area contributed by atoms with Gasteiger partial charge in [0.1, 0.15) is 0 Å². The van der Waals surface area contributed by atoms with Gasteiger partial charge in [-0.15, -0.1) is 0 Å². The van der Waals surface area contributed by atoms with Crippen LogP contribution < -0.4 is 0 Å². The number of aromatic nitrogens is 2. The van der Waals surface area contributed by atoms with Crippen molar-refractivity contribution in [3.05, 3.63) is 85.3 Å². The minimum absolute atomic E-state index is 0.996. The molecule has 4 aromatic rings. The van der Waals surface area contributed by atoms with E-state index in [2.05, 4.69) is 70.3 Å². The maximum Gasteiger partial charge on any atom is 0.0999 e. The fourth-order valence-corrected chi connectivity index (χ4v) is 2.65. The molecule has 100 valence electrons. The number of para-hydroxylation sites is 1. The van der Waals surface area contributed by atoms with Crippen LogP contribution in [0.25, 0.3) is 27.7 Å². The maximum atomic E-state index is 4.58. The Morgan fingerprint density at radius 3 is 2.38 bits per heavy atom. The van der Waals surface area contributed by atoms with Gasteiger partial charge in [0.15, 0.2) is 0 Å². The van der Waals surface area contributed by atoms with E-state index in [0.717, 1.165) is 11.4 Å². The first kappa shape index (κ1) is 11.9. The molecule has 0 atom stereocenters. The highest BCUT2D eigenvalue weighted by Crippen LogP contribution is 2.27. The molecule has 0 saturated carbocycles. The lowest BCUT2D eigenvalue weighted by atomic mass is 10.0. The predicted octanol–water partition coefficient (Wildman–Crippen LogP) is 4.69. The number of hydrogen-bond donors (Lipinski definition) is 0. The van der Waals surface area contributed by atoms with Gasteiger partial charge >= 0.3 is 0 Å². The van der Waals surface area contributed by atoms with Crippen LogP contribution >= 0.6 is 0 Å². The largest absolute Gasteiger partial charge is 0.306 e. The third kappa shape index (κ3) is 2.11. The summed E-state index contributed by atoms with van der Waals surface area (Å²) in [5.74, 6) is 0. The van der Waals surface area contributed by atoms with E-state index >= 15 is 0 Å². The maximum absolute atomic E-state index is 4.58. The quantitative estimate of drug-likeness (QED) is 0.516. The van der Waals surface area contributed by atoms with Crippen LogP contribution in [0.4, 0.5) is 0 Å². The second-order valence-electron chi connectivity index (χ2n) is 5.03. The molecule has 0 amide bonds. The molecule has 21 heavy (non-hydrogen) atoms. The average Bonchev–Trinajstić information content (AvgIpc) is 3.05. The SMILES string of the molecule is c1ccc(-n2cnc(-c3cccc4ccccc34)c2)cc1. The number of rotatable bonds is 2. The van der Waals surface area contributed by atoms with Gasteiger partial charge in [-0.1, -0.05) is 60.7 Å². The van der Waals surface area contributed by atoms with Crippen molar-refractivity contribution in [2.75, 3.05) is 0 Å². The Balaban J connectivity index is 1.85. The van der Waals surface area contributed by atoms with Crippen molar-refractivity contribution in [2.45, 2.75) is 0 Å². The molecule has 0 fully saturated rings. The summed E-state index contributed by atoms with van der Waals surface area (Å²) >= 11 is 0. The Kier molecular flexibility index (Phi) is 2.79. The summed E-state index contributed by atoms with van der Waals surface area (Å²) in [5, 5.41) is 2.47. The number of benzene rings is 3. The van der Waals surface area contributed by atoms with E-state index in [0.29, 0.717) is 0 Å². The first-order valence-electron chi connectivity index (χ1n) is 6.99. The molecular formula is C19H14N2. The number of nitrogens with zero attached hydrogens (tertiary/aromatic N) is 2. The summed E-state index contributed by atoms with van der Waals surface area (Å²) in [5.41, 5.74) is 3.29. The van der Waals surface area contributed by atoms with Gasteiger partial charge < -0.3 is 4.57 Å². The Labute approximate surface area is 123 Å². The van der Waals surface area contributed by atoms with Gasteiger partial charge in [0.25, 0.3) is 0 Å². The number of hydrogen-bond acceptors (Lipinski definition) is 1. The van der Waals surface area contributed by atoms with Crippen molar-refractivity contribution < 1.29 is 0 Å². The molecule has 0 aliphatic rings. The minimum atomic E-state index is 0.996. The molecule has 0 unspecified atom stereocenters. The van der Waals surface area contributed by atoms with Crippen LogP contribution in [0.3, 0.4) is 0 Å².